The Labute approximate surface area is 118 Å². The first-order valence-corrected chi connectivity index (χ1v) is 6.15. The molecule has 0 fully saturated rings. The SMILES string of the molecule is NNC(CCOCC(F)(F)F)c1cccc(Cl)c1Cl. The molecular weight excluding hydrogens is 304 g/mol. The molecule has 0 aliphatic heterocycles. The van der Waals surface area contributed by atoms with Gasteiger partial charge in [0.2, 0.25) is 0 Å². The maximum absolute atomic E-state index is 11.9. The van der Waals surface area contributed by atoms with E-state index in [9.17, 15) is 13.2 Å². The minimum Gasteiger partial charge on any atom is -0.372 e. The van der Waals surface area contributed by atoms with Crippen LogP contribution in [0.3, 0.4) is 0 Å². The molecular formula is C11H13Cl2F3N2O. The average Bonchev–Trinajstić information content (AvgIpc) is 2.32. The highest BCUT2D eigenvalue weighted by Crippen LogP contribution is 2.31. The molecule has 0 amide bonds. The van der Waals surface area contributed by atoms with E-state index in [0.29, 0.717) is 15.6 Å². The Balaban J connectivity index is 2.56. The van der Waals surface area contributed by atoms with Crippen molar-refractivity contribution in [1.82, 2.24) is 5.43 Å². The van der Waals surface area contributed by atoms with Gasteiger partial charge in [0.25, 0.3) is 0 Å². The van der Waals surface area contributed by atoms with Gasteiger partial charge in [-0.2, -0.15) is 13.2 Å². The van der Waals surface area contributed by atoms with Crippen LogP contribution in [0.2, 0.25) is 10.0 Å². The largest absolute Gasteiger partial charge is 0.411 e. The standard InChI is InChI=1S/C11H13Cl2F3N2O/c12-8-3-1-2-7(10(8)13)9(18-17)4-5-19-6-11(14,15)16/h1-3,9,18H,4-6,17H2. The third-order valence-electron chi connectivity index (χ3n) is 2.37. The molecule has 3 nitrogen and oxygen atoms in total. The number of nitrogens with one attached hydrogen (secondary N) is 1. The Morgan fingerprint density at radius 2 is 2.00 bits per heavy atom. The van der Waals surface area contributed by atoms with E-state index < -0.39 is 18.8 Å². The summed E-state index contributed by atoms with van der Waals surface area (Å²) in [6.45, 7) is -1.38. The average molecular weight is 317 g/mol. The van der Waals surface area contributed by atoms with Gasteiger partial charge in [-0.1, -0.05) is 35.3 Å². The van der Waals surface area contributed by atoms with Crippen molar-refractivity contribution >= 4 is 23.2 Å². The maximum atomic E-state index is 11.9. The van der Waals surface area contributed by atoms with Crippen molar-refractivity contribution in [2.75, 3.05) is 13.2 Å². The quantitative estimate of drug-likeness (QED) is 0.480. The van der Waals surface area contributed by atoms with Gasteiger partial charge in [0.05, 0.1) is 10.0 Å². The molecule has 0 aromatic heterocycles. The van der Waals surface area contributed by atoms with E-state index in [-0.39, 0.29) is 13.0 Å². The van der Waals surface area contributed by atoms with Crippen LogP contribution in [0.1, 0.15) is 18.0 Å². The van der Waals surface area contributed by atoms with Gasteiger partial charge in [-0.25, -0.2) is 0 Å². The molecule has 108 valence electrons. The summed E-state index contributed by atoms with van der Waals surface area (Å²) in [7, 11) is 0. The van der Waals surface area contributed by atoms with Gasteiger partial charge < -0.3 is 4.74 Å². The summed E-state index contributed by atoms with van der Waals surface area (Å²) in [6.07, 6.45) is -4.09. The van der Waals surface area contributed by atoms with Gasteiger partial charge in [0.15, 0.2) is 0 Å². The number of alkyl halides is 3. The fourth-order valence-corrected chi connectivity index (χ4v) is 1.95. The van der Waals surface area contributed by atoms with Crippen molar-refractivity contribution in [3.63, 3.8) is 0 Å². The Bertz CT molecular complexity index is 415. The van der Waals surface area contributed by atoms with Gasteiger partial charge in [0, 0.05) is 12.6 Å². The van der Waals surface area contributed by atoms with Crippen molar-refractivity contribution in [1.29, 1.82) is 0 Å². The molecule has 0 saturated heterocycles. The third-order valence-corrected chi connectivity index (χ3v) is 3.21. The molecule has 1 atom stereocenters. The lowest BCUT2D eigenvalue weighted by molar-refractivity contribution is -0.174. The molecule has 0 bridgehead atoms. The second-order valence-electron chi connectivity index (χ2n) is 3.82. The van der Waals surface area contributed by atoms with E-state index in [1.165, 1.54) is 0 Å². The summed E-state index contributed by atoms with van der Waals surface area (Å²) < 4.78 is 40.2. The summed E-state index contributed by atoms with van der Waals surface area (Å²) in [6, 6.07) is 4.56. The third kappa shape index (κ3) is 5.54. The number of benzene rings is 1. The molecule has 0 aliphatic rings. The number of hydrogen-bond donors (Lipinski definition) is 2. The Hall–Kier alpha value is -0.530. The smallest absolute Gasteiger partial charge is 0.372 e. The van der Waals surface area contributed by atoms with Crippen LogP contribution >= 0.6 is 23.2 Å². The first-order chi connectivity index (χ1) is 8.85. The second kappa shape index (κ2) is 7.31. The molecule has 1 rings (SSSR count). The molecule has 1 aromatic carbocycles. The monoisotopic (exact) mass is 316 g/mol. The number of ether oxygens (including phenoxy) is 1. The molecule has 19 heavy (non-hydrogen) atoms. The van der Waals surface area contributed by atoms with E-state index in [2.05, 4.69) is 10.2 Å². The minimum absolute atomic E-state index is 0.1000. The summed E-state index contributed by atoms with van der Waals surface area (Å²) in [5.41, 5.74) is 3.10. The van der Waals surface area contributed by atoms with E-state index in [1.54, 1.807) is 18.2 Å². The number of hydrogen-bond acceptors (Lipinski definition) is 3. The number of nitrogens with two attached hydrogens (primary N) is 1. The van der Waals surface area contributed by atoms with Gasteiger partial charge >= 0.3 is 6.18 Å². The van der Waals surface area contributed by atoms with E-state index in [1.807, 2.05) is 0 Å². The summed E-state index contributed by atoms with van der Waals surface area (Å²) in [4.78, 5) is 0. The first kappa shape index (κ1) is 16.5. The van der Waals surface area contributed by atoms with Crippen LogP contribution in [0, 0.1) is 0 Å². The number of rotatable bonds is 6. The van der Waals surface area contributed by atoms with Crippen LogP contribution < -0.4 is 11.3 Å². The highest BCUT2D eigenvalue weighted by atomic mass is 35.5. The minimum atomic E-state index is -4.33. The van der Waals surface area contributed by atoms with Crippen LogP contribution in [0.5, 0.6) is 0 Å². The van der Waals surface area contributed by atoms with E-state index in [0.717, 1.165) is 0 Å². The summed E-state index contributed by atoms with van der Waals surface area (Å²) >= 11 is 11.9. The summed E-state index contributed by atoms with van der Waals surface area (Å²) in [5.74, 6) is 5.36. The Morgan fingerprint density at radius 1 is 1.32 bits per heavy atom. The zero-order chi connectivity index (χ0) is 14.5. The molecule has 8 heteroatoms. The maximum Gasteiger partial charge on any atom is 0.411 e. The van der Waals surface area contributed by atoms with Gasteiger partial charge in [0.1, 0.15) is 6.61 Å². The molecule has 0 heterocycles. The van der Waals surface area contributed by atoms with Gasteiger partial charge in [-0.3, -0.25) is 11.3 Å². The highest BCUT2D eigenvalue weighted by molar-refractivity contribution is 6.42. The lowest BCUT2D eigenvalue weighted by Crippen LogP contribution is -2.29. The Kier molecular flexibility index (Phi) is 6.35. The molecule has 0 radical (unpaired) electrons. The van der Waals surface area contributed by atoms with E-state index >= 15 is 0 Å². The molecule has 0 spiro atoms. The number of hydrazine groups is 1. The van der Waals surface area contributed by atoms with Crippen LogP contribution in [0.4, 0.5) is 13.2 Å². The number of halogens is 5. The zero-order valence-corrected chi connectivity index (χ0v) is 11.3. The predicted molar refractivity (Wildman–Crippen MR) is 68.0 cm³/mol. The molecule has 0 saturated carbocycles. The van der Waals surface area contributed by atoms with Crippen molar-refractivity contribution < 1.29 is 17.9 Å². The topological polar surface area (TPSA) is 47.3 Å². The summed E-state index contributed by atoms with van der Waals surface area (Å²) in [5, 5.41) is 0.679. The van der Waals surface area contributed by atoms with Crippen molar-refractivity contribution in [3.05, 3.63) is 33.8 Å². The molecule has 1 aromatic rings. The first-order valence-electron chi connectivity index (χ1n) is 5.39. The van der Waals surface area contributed by atoms with Crippen molar-refractivity contribution in [2.24, 2.45) is 5.84 Å². The lowest BCUT2D eigenvalue weighted by atomic mass is 10.0. The predicted octanol–water partition coefficient (Wildman–Crippen LogP) is 3.47. The Morgan fingerprint density at radius 3 is 2.58 bits per heavy atom. The molecule has 0 aliphatic carbocycles. The zero-order valence-electron chi connectivity index (χ0n) is 9.81. The normalized spacial score (nSPS) is 13.6. The van der Waals surface area contributed by atoms with Crippen LogP contribution in [-0.4, -0.2) is 19.4 Å². The van der Waals surface area contributed by atoms with Crippen LogP contribution in [-0.2, 0) is 4.74 Å². The molecule has 1 unspecified atom stereocenters. The highest BCUT2D eigenvalue weighted by Gasteiger charge is 2.27. The lowest BCUT2D eigenvalue weighted by Gasteiger charge is -2.18. The van der Waals surface area contributed by atoms with Crippen LogP contribution in [0.15, 0.2) is 18.2 Å². The fraction of sp³-hybridized carbons (Fsp3) is 0.455. The van der Waals surface area contributed by atoms with Crippen molar-refractivity contribution in [3.8, 4) is 0 Å². The van der Waals surface area contributed by atoms with Gasteiger partial charge in [-0.15, -0.1) is 0 Å². The van der Waals surface area contributed by atoms with Gasteiger partial charge in [-0.05, 0) is 18.1 Å². The second-order valence-corrected chi connectivity index (χ2v) is 4.60. The van der Waals surface area contributed by atoms with Crippen LogP contribution in [0.25, 0.3) is 0 Å². The fourth-order valence-electron chi connectivity index (χ4n) is 1.51. The van der Waals surface area contributed by atoms with Crippen molar-refractivity contribution in [2.45, 2.75) is 18.6 Å². The van der Waals surface area contributed by atoms with E-state index in [4.69, 9.17) is 29.0 Å². The molecule has 3 N–H and O–H groups in total.